The molecule has 1 radical (unpaired) electrons. The lowest BCUT2D eigenvalue weighted by molar-refractivity contribution is 0.330. The van der Waals surface area contributed by atoms with Gasteiger partial charge in [0.15, 0.2) is 7.28 Å². The predicted molar refractivity (Wildman–Crippen MR) is 318 cm³/mol. The number of hydrogen-bond acceptors (Lipinski definition) is 3. The number of nitrogens with zero attached hydrogens (tertiary/aromatic N) is 1. The van der Waals surface area contributed by atoms with Crippen LogP contribution in [-0.2, 0) is 32.5 Å². The van der Waals surface area contributed by atoms with Gasteiger partial charge in [-0.25, -0.2) is 0 Å². The van der Waals surface area contributed by atoms with Crippen LogP contribution in [0.2, 0.25) is 0 Å². The van der Waals surface area contributed by atoms with Crippen LogP contribution in [0.3, 0.4) is 0 Å². The number of hydrogen-bond donors (Lipinski definition) is 1. The van der Waals surface area contributed by atoms with Crippen molar-refractivity contribution in [1.29, 1.82) is 0 Å². The number of thiophene rings is 1. The van der Waals surface area contributed by atoms with Gasteiger partial charge in [0.05, 0.1) is 10.4 Å². The average Bonchev–Trinajstić information content (AvgIpc) is 3.84. The maximum absolute atomic E-state index is 4.23. The lowest BCUT2D eigenvalue weighted by atomic mass is 9.56. The Kier molecular flexibility index (Phi) is 10.0. The summed E-state index contributed by atoms with van der Waals surface area (Å²) in [6.45, 7) is 34.6. The van der Waals surface area contributed by atoms with Crippen molar-refractivity contribution in [3.05, 3.63) is 159 Å². The third kappa shape index (κ3) is 6.80. The molecule has 73 heavy (non-hydrogen) atoms. The second kappa shape index (κ2) is 15.5. The summed E-state index contributed by atoms with van der Waals surface area (Å²) in [6, 6.07) is 43.4. The molecule has 0 saturated heterocycles. The first-order valence-electron chi connectivity index (χ1n) is 27.6. The van der Waals surface area contributed by atoms with E-state index in [4.69, 9.17) is 0 Å². The second-order valence-corrected chi connectivity index (χ2v) is 28.2. The number of fused-ring (bicyclic) bond motifs is 13. The van der Waals surface area contributed by atoms with Gasteiger partial charge in [-0.3, -0.25) is 0 Å². The molecular formula is C69H74BN2S. The van der Waals surface area contributed by atoms with Crippen LogP contribution in [0.15, 0.2) is 109 Å². The second-order valence-electron chi connectivity index (χ2n) is 27.1. The van der Waals surface area contributed by atoms with Gasteiger partial charge in [0.1, 0.15) is 0 Å². The summed E-state index contributed by atoms with van der Waals surface area (Å²) in [5, 5.41) is 6.90. The van der Waals surface area contributed by atoms with E-state index in [1.807, 2.05) is 11.3 Å². The fourth-order valence-electron chi connectivity index (χ4n) is 15.1. The Balaban J connectivity index is 1.16. The third-order valence-corrected chi connectivity index (χ3v) is 20.9. The maximum atomic E-state index is 4.23. The molecule has 1 aliphatic heterocycles. The number of nitrogens with one attached hydrogen (secondary N) is 1. The third-order valence-electron chi connectivity index (χ3n) is 19.7. The first-order chi connectivity index (χ1) is 34.5. The Hall–Kier alpha value is -5.58. The molecular weight excluding hydrogens is 900 g/mol. The average molecular weight is 974 g/mol. The highest BCUT2D eigenvalue weighted by Gasteiger charge is 2.46. The van der Waals surface area contributed by atoms with Gasteiger partial charge >= 0.3 is 0 Å². The minimum atomic E-state index is -0.272. The fraction of sp³-hybridized carbons (Fsp3) is 0.391. The Labute approximate surface area is 441 Å². The molecule has 0 fully saturated rings. The minimum absolute atomic E-state index is 0.0201. The molecule has 13 rings (SSSR count). The lowest BCUT2D eigenvalue weighted by Crippen LogP contribution is -2.43. The summed E-state index contributed by atoms with van der Waals surface area (Å²) in [4.78, 5) is 2.80. The van der Waals surface area contributed by atoms with E-state index < -0.39 is 0 Å². The Morgan fingerprint density at radius 3 is 1.96 bits per heavy atom. The van der Waals surface area contributed by atoms with Crippen molar-refractivity contribution in [2.24, 2.45) is 0 Å². The molecule has 4 aliphatic carbocycles. The van der Waals surface area contributed by atoms with Gasteiger partial charge in [0.2, 0.25) is 0 Å². The molecule has 0 bridgehead atoms. The molecule has 8 aromatic rings. The van der Waals surface area contributed by atoms with Crippen molar-refractivity contribution >= 4 is 78.2 Å². The summed E-state index contributed by atoms with van der Waals surface area (Å²) >= 11 is 1.96. The van der Waals surface area contributed by atoms with Gasteiger partial charge in [0, 0.05) is 49.2 Å². The molecule has 369 valence electrons. The smallest absolute Gasteiger partial charge is 0.197 e. The highest BCUT2D eigenvalue weighted by atomic mass is 32.1. The van der Waals surface area contributed by atoms with Gasteiger partial charge in [-0.1, -0.05) is 162 Å². The summed E-state index contributed by atoms with van der Waals surface area (Å²) < 4.78 is 2.69. The van der Waals surface area contributed by atoms with E-state index in [9.17, 15) is 0 Å². The van der Waals surface area contributed by atoms with E-state index in [0.717, 1.165) is 12.8 Å². The van der Waals surface area contributed by atoms with Crippen LogP contribution < -0.4 is 21.1 Å². The van der Waals surface area contributed by atoms with Crippen molar-refractivity contribution in [3.63, 3.8) is 0 Å². The zero-order chi connectivity index (χ0) is 51.1. The zero-order valence-electron chi connectivity index (χ0n) is 46.1. The molecule has 1 unspecified atom stereocenters. The van der Waals surface area contributed by atoms with Crippen LogP contribution in [0.1, 0.15) is 185 Å². The Bertz CT molecular complexity index is 3680. The van der Waals surface area contributed by atoms with Crippen LogP contribution >= 0.6 is 11.3 Å². The van der Waals surface area contributed by atoms with Gasteiger partial charge in [-0.15, -0.1) is 11.3 Å². The molecule has 0 saturated carbocycles. The van der Waals surface area contributed by atoms with Crippen LogP contribution in [0.25, 0.3) is 42.4 Å². The molecule has 4 heteroatoms. The molecule has 0 amide bonds. The van der Waals surface area contributed by atoms with Crippen LogP contribution in [0.5, 0.6) is 0 Å². The highest BCUT2D eigenvalue weighted by Crippen LogP contribution is 2.59. The van der Waals surface area contributed by atoms with Crippen LogP contribution in [-0.4, -0.2) is 7.28 Å². The van der Waals surface area contributed by atoms with Crippen LogP contribution in [0, 0.1) is 6.92 Å². The zero-order valence-corrected chi connectivity index (χ0v) is 47.0. The summed E-state index contributed by atoms with van der Waals surface area (Å²) in [5.41, 5.74) is 27.5. The summed E-state index contributed by atoms with van der Waals surface area (Å²) in [5.74, 6) is 0.524. The van der Waals surface area contributed by atoms with E-state index in [0.29, 0.717) is 5.92 Å². The monoisotopic (exact) mass is 974 g/mol. The number of benzene rings is 7. The van der Waals surface area contributed by atoms with Crippen molar-refractivity contribution in [1.82, 2.24) is 0 Å². The van der Waals surface area contributed by atoms with Gasteiger partial charge in [-0.2, -0.15) is 0 Å². The molecule has 1 atom stereocenters. The maximum Gasteiger partial charge on any atom is 0.197 e. The molecule has 1 N–H and O–H groups in total. The first kappa shape index (κ1) is 47.2. The van der Waals surface area contributed by atoms with E-state index in [-0.39, 0.29) is 32.5 Å². The predicted octanol–water partition coefficient (Wildman–Crippen LogP) is 18.4. The number of rotatable bonds is 4. The van der Waals surface area contributed by atoms with Crippen molar-refractivity contribution < 1.29 is 0 Å². The van der Waals surface area contributed by atoms with E-state index >= 15 is 0 Å². The Morgan fingerprint density at radius 2 is 1.19 bits per heavy atom. The van der Waals surface area contributed by atoms with Crippen molar-refractivity contribution in [2.75, 3.05) is 10.2 Å². The SMILES string of the molecule is Cc1c(N2c3c(c(-c4cc5c(cc4Nc4ccc6c(c4)C(C)CCC6(C)C)C(C)(C)CCC5(C)C)cc4c3C(C)(C)c3ccccc3-4)[B]c3ccc4c(sc5ccccc54)c32)ccc2c1C(C)(C)CCC2(C)C. The molecule has 1 aromatic heterocycles. The summed E-state index contributed by atoms with van der Waals surface area (Å²) in [7, 11) is 2.60. The van der Waals surface area contributed by atoms with Crippen molar-refractivity contribution in [3.8, 4) is 22.3 Å². The van der Waals surface area contributed by atoms with Crippen LogP contribution in [0.4, 0.5) is 28.4 Å². The quantitative estimate of drug-likeness (QED) is 0.177. The van der Waals surface area contributed by atoms with Gasteiger partial charge in [0.25, 0.3) is 0 Å². The van der Waals surface area contributed by atoms with Gasteiger partial charge < -0.3 is 10.2 Å². The molecule has 2 heterocycles. The molecule has 2 nitrogen and oxygen atoms in total. The van der Waals surface area contributed by atoms with Gasteiger partial charge in [-0.05, 0) is 193 Å². The Morgan fingerprint density at radius 1 is 0.534 bits per heavy atom. The normalized spacial score (nSPS) is 20.7. The summed E-state index contributed by atoms with van der Waals surface area (Å²) in [6.07, 6.45) is 7.12. The van der Waals surface area contributed by atoms with E-state index in [1.165, 1.54) is 158 Å². The molecule has 0 spiro atoms. The highest BCUT2D eigenvalue weighted by molar-refractivity contribution is 7.26. The fourth-order valence-corrected chi connectivity index (χ4v) is 16.3. The molecule has 7 aromatic carbocycles. The largest absolute Gasteiger partial charge is 0.355 e. The topological polar surface area (TPSA) is 15.3 Å². The first-order valence-corrected chi connectivity index (χ1v) is 28.5. The minimum Gasteiger partial charge on any atom is -0.355 e. The van der Waals surface area contributed by atoms with E-state index in [1.54, 1.807) is 0 Å². The standard InChI is InChI=1S/C69H74BN2S/c1-39-29-30-64(3,4)49-25-23-41(35-45(39)49)71-55-38-53-52(66(7,8)31-32-67(53,9)10)37-46(55)48-36-47-42-19-15-17-21-50(42)69(13,14)59(47)62-60(48)70-54-27-24-44-43-20-16-18-22-57(43)73-63(44)61(54)72(62)56-28-26-51-58(40(56)2)68(11,12)34-33-65(51,5)6/h15-28,35-39,71H,29-34H2,1-14H3. The van der Waals surface area contributed by atoms with Crippen molar-refractivity contribution in [2.45, 2.75) is 174 Å². The molecule has 5 aliphatic rings. The lowest BCUT2D eigenvalue weighted by Gasteiger charge is -2.45. The number of anilines is 5. The van der Waals surface area contributed by atoms with E-state index in [2.05, 4.69) is 224 Å².